The van der Waals surface area contributed by atoms with Gasteiger partial charge >= 0.3 is 5.97 Å². The summed E-state index contributed by atoms with van der Waals surface area (Å²) < 4.78 is 25.8. The molecule has 1 fully saturated rings. The molecule has 21 heavy (non-hydrogen) atoms. The minimum Gasteiger partial charge on any atom is -0.481 e. The smallest absolute Gasteiger partial charge is 0.306 e. The molecule has 2 rings (SSSR count). The lowest BCUT2D eigenvalue weighted by molar-refractivity contribution is -0.145. The first-order valence-corrected chi connectivity index (χ1v) is 6.92. The quantitative estimate of drug-likeness (QED) is 0.927. The fourth-order valence-corrected chi connectivity index (χ4v) is 2.48. The summed E-state index contributed by atoms with van der Waals surface area (Å²) in [4.78, 5) is 24.5. The molecule has 0 spiro atoms. The highest BCUT2D eigenvalue weighted by molar-refractivity contribution is 5.77. The second-order valence-corrected chi connectivity index (χ2v) is 5.24. The molecule has 6 heteroatoms. The summed E-state index contributed by atoms with van der Waals surface area (Å²) in [5.74, 6) is -3.09. The molecule has 114 valence electrons. The number of rotatable bonds is 4. The van der Waals surface area contributed by atoms with Gasteiger partial charge in [-0.3, -0.25) is 9.59 Å². The van der Waals surface area contributed by atoms with E-state index in [0.717, 1.165) is 12.1 Å². The predicted octanol–water partition coefficient (Wildman–Crippen LogP) is 2.22. The Morgan fingerprint density at radius 3 is 2.43 bits per heavy atom. The van der Waals surface area contributed by atoms with Crippen molar-refractivity contribution < 1.29 is 23.5 Å². The number of hydrogen-bond acceptors (Lipinski definition) is 2. The van der Waals surface area contributed by atoms with Gasteiger partial charge in [-0.15, -0.1) is 0 Å². The number of amides is 1. The van der Waals surface area contributed by atoms with E-state index in [1.54, 1.807) is 4.90 Å². The molecule has 1 amide bonds. The van der Waals surface area contributed by atoms with Gasteiger partial charge in [-0.25, -0.2) is 8.78 Å². The summed E-state index contributed by atoms with van der Waals surface area (Å²) in [6.07, 6.45) is 1.48. The van der Waals surface area contributed by atoms with Crippen LogP contribution in [0.4, 0.5) is 8.78 Å². The Hall–Kier alpha value is -1.98. The molecule has 1 aromatic rings. The van der Waals surface area contributed by atoms with Crippen LogP contribution in [0.5, 0.6) is 0 Å². The van der Waals surface area contributed by atoms with Crippen LogP contribution in [0.2, 0.25) is 0 Å². The minimum absolute atomic E-state index is 0.0800. The van der Waals surface area contributed by atoms with E-state index in [0.29, 0.717) is 37.9 Å². The Morgan fingerprint density at radius 2 is 1.86 bits per heavy atom. The summed E-state index contributed by atoms with van der Waals surface area (Å²) in [7, 11) is 0. The molecule has 0 saturated carbocycles. The summed E-state index contributed by atoms with van der Waals surface area (Å²) in [5.41, 5.74) is 0.572. The molecule has 0 bridgehead atoms. The standard InChI is InChI=1S/C15H17F2NO3/c16-12-3-1-10(9-13(12)17)2-4-14(19)18-7-5-11(6-8-18)15(20)21/h1,3,9,11H,2,4-8H2,(H,20,21). The molecule has 1 saturated heterocycles. The first-order valence-electron chi connectivity index (χ1n) is 6.92. The van der Waals surface area contributed by atoms with Crippen LogP contribution in [0, 0.1) is 17.6 Å². The number of piperidine rings is 1. The topological polar surface area (TPSA) is 57.6 Å². The van der Waals surface area contributed by atoms with Crippen LogP contribution in [0.25, 0.3) is 0 Å². The number of aliphatic carboxylic acids is 1. The molecule has 1 aliphatic heterocycles. The van der Waals surface area contributed by atoms with Gasteiger partial charge in [0.2, 0.25) is 5.91 Å². The molecule has 1 aliphatic rings. The fraction of sp³-hybridized carbons (Fsp3) is 0.467. The molecule has 1 heterocycles. The summed E-state index contributed by atoms with van der Waals surface area (Å²) in [6, 6.07) is 3.61. The van der Waals surface area contributed by atoms with E-state index >= 15 is 0 Å². The van der Waals surface area contributed by atoms with E-state index < -0.39 is 17.6 Å². The zero-order valence-electron chi connectivity index (χ0n) is 11.5. The average Bonchev–Trinajstić information content (AvgIpc) is 2.48. The number of carboxylic acid groups (broad SMARTS) is 1. The normalized spacial score (nSPS) is 16.0. The fourth-order valence-electron chi connectivity index (χ4n) is 2.48. The Kier molecular flexibility index (Phi) is 4.88. The van der Waals surface area contributed by atoms with E-state index in [1.807, 2.05) is 0 Å². The molecular formula is C15H17F2NO3. The molecule has 4 nitrogen and oxygen atoms in total. The number of aryl methyl sites for hydroxylation is 1. The predicted molar refractivity (Wildman–Crippen MR) is 71.6 cm³/mol. The average molecular weight is 297 g/mol. The number of carbonyl (C=O) groups excluding carboxylic acids is 1. The van der Waals surface area contributed by atoms with Gasteiger partial charge in [0.05, 0.1) is 5.92 Å². The Balaban J connectivity index is 1.82. The molecule has 0 atom stereocenters. The Morgan fingerprint density at radius 1 is 1.19 bits per heavy atom. The van der Waals surface area contributed by atoms with Crippen molar-refractivity contribution in [1.82, 2.24) is 4.90 Å². The van der Waals surface area contributed by atoms with Crippen molar-refractivity contribution >= 4 is 11.9 Å². The lowest BCUT2D eigenvalue weighted by atomic mass is 9.96. The van der Waals surface area contributed by atoms with Gasteiger partial charge in [-0.2, -0.15) is 0 Å². The highest BCUT2D eigenvalue weighted by Gasteiger charge is 2.26. The number of likely N-dealkylation sites (tertiary alicyclic amines) is 1. The van der Waals surface area contributed by atoms with E-state index in [9.17, 15) is 18.4 Å². The number of carbonyl (C=O) groups is 2. The number of carboxylic acids is 1. The van der Waals surface area contributed by atoms with Crippen LogP contribution in [0.15, 0.2) is 18.2 Å². The zero-order valence-corrected chi connectivity index (χ0v) is 11.5. The molecule has 0 aromatic heterocycles. The monoisotopic (exact) mass is 297 g/mol. The Labute approximate surface area is 121 Å². The van der Waals surface area contributed by atoms with Crippen LogP contribution in [0.3, 0.4) is 0 Å². The summed E-state index contributed by atoms with van der Waals surface area (Å²) in [5, 5.41) is 8.89. The van der Waals surface area contributed by atoms with Crippen LogP contribution in [0.1, 0.15) is 24.8 Å². The molecule has 0 radical (unpaired) electrons. The minimum atomic E-state index is -0.915. The van der Waals surface area contributed by atoms with Gasteiger partial charge in [0.25, 0.3) is 0 Å². The molecule has 1 N–H and O–H groups in total. The number of benzene rings is 1. The highest BCUT2D eigenvalue weighted by Crippen LogP contribution is 2.18. The lowest BCUT2D eigenvalue weighted by Crippen LogP contribution is -2.40. The van der Waals surface area contributed by atoms with Crippen molar-refractivity contribution in [3.05, 3.63) is 35.4 Å². The van der Waals surface area contributed by atoms with Crippen LogP contribution >= 0.6 is 0 Å². The largest absolute Gasteiger partial charge is 0.481 e. The summed E-state index contributed by atoms with van der Waals surface area (Å²) in [6.45, 7) is 0.876. The van der Waals surface area contributed by atoms with Gasteiger partial charge in [0.15, 0.2) is 11.6 Å². The SMILES string of the molecule is O=C(O)C1CCN(C(=O)CCc2ccc(F)c(F)c2)CC1. The van der Waals surface area contributed by atoms with E-state index in [-0.39, 0.29) is 18.2 Å². The second-order valence-electron chi connectivity index (χ2n) is 5.24. The van der Waals surface area contributed by atoms with Crippen molar-refractivity contribution in [3.8, 4) is 0 Å². The van der Waals surface area contributed by atoms with E-state index in [2.05, 4.69) is 0 Å². The maximum Gasteiger partial charge on any atom is 0.306 e. The van der Waals surface area contributed by atoms with Gasteiger partial charge in [-0.1, -0.05) is 6.07 Å². The number of hydrogen-bond donors (Lipinski definition) is 1. The first-order chi connectivity index (χ1) is 9.97. The van der Waals surface area contributed by atoms with Crippen LogP contribution in [-0.4, -0.2) is 35.0 Å². The molecule has 1 aromatic carbocycles. The molecule has 0 aliphatic carbocycles. The van der Waals surface area contributed by atoms with E-state index in [4.69, 9.17) is 5.11 Å². The third kappa shape index (κ3) is 4.00. The highest BCUT2D eigenvalue weighted by atomic mass is 19.2. The maximum atomic E-state index is 13.1. The van der Waals surface area contributed by atoms with Crippen molar-refractivity contribution in [1.29, 1.82) is 0 Å². The van der Waals surface area contributed by atoms with Gasteiger partial charge in [-0.05, 0) is 37.0 Å². The van der Waals surface area contributed by atoms with Crippen LogP contribution in [-0.2, 0) is 16.0 Å². The van der Waals surface area contributed by atoms with E-state index in [1.165, 1.54) is 6.07 Å². The van der Waals surface area contributed by atoms with Crippen molar-refractivity contribution in [2.45, 2.75) is 25.7 Å². The van der Waals surface area contributed by atoms with Crippen molar-refractivity contribution in [3.63, 3.8) is 0 Å². The Bertz CT molecular complexity index is 540. The third-order valence-electron chi connectivity index (χ3n) is 3.81. The number of halogens is 2. The maximum absolute atomic E-state index is 13.1. The van der Waals surface area contributed by atoms with Gasteiger partial charge in [0, 0.05) is 19.5 Å². The molecule has 0 unspecified atom stereocenters. The van der Waals surface area contributed by atoms with Crippen LogP contribution < -0.4 is 0 Å². The van der Waals surface area contributed by atoms with Gasteiger partial charge < -0.3 is 10.0 Å². The van der Waals surface area contributed by atoms with Gasteiger partial charge in [0.1, 0.15) is 0 Å². The third-order valence-corrected chi connectivity index (χ3v) is 3.81. The van der Waals surface area contributed by atoms with Crippen molar-refractivity contribution in [2.75, 3.05) is 13.1 Å². The number of nitrogens with zero attached hydrogens (tertiary/aromatic N) is 1. The molecular weight excluding hydrogens is 280 g/mol. The summed E-state index contributed by atoms with van der Waals surface area (Å²) >= 11 is 0. The van der Waals surface area contributed by atoms with Crippen molar-refractivity contribution in [2.24, 2.45) is 5.92 Å². The first kappa shape index (κ1) is 15.4. The second kappa shape index (κ2) is 6.65. The zero-order chi connectivity index (χ0) is 15.4. The lowest BCUT2D eigenvalue weighted by Gasteiger charge is -2.30.